The van der Waals surface area contributed by atoms with Gasteiger partial charge in [-0.25, -0.2) is 0 Å². The van der Waals surface area contributed by atoms with Gasteiger partial charge in [0.15, 0.2) is 12.6 Å². The maximum absolute atomic E-state index is 10.3. The zero-order chi connectivity index (χ0) is 18.4. The maximum atomic E-state index is 10.3. The molecule has 0 bridgehead atoms. The lowest BCUT2D eigenvalue weighted by Crippen LogP contribution is -2.43. The van der Waals surface area contributed by atoms with E-state index in [4.69, 9.17) is 18.9 Å². The van der Waals surface area contributed by atoms with Crippen LogP contribution in [0, 0.1) is 0 Å². The van der Waals surface area contributed by atoms with Crippen molar-refractivity contribution in [2.24, 2.45) is 0 Å². The quantitative estimate of drug-likeness (QED) is 0.672. The highest BCUT2D eigenvalue weighted by Gasteiger charge is 2.45. The smallest absolute Gasteiger partial charge is 0.184 e. The molecule has 2 saturated heterocycles. The third-order valence-electron chi connectivity index (χ3n) is 4.36. The zero-order valence-electron chi connectivity index (χ0n) is 14.6. The van der Waals surface area contributed by atoms with Gasteiger partial charge in [-0.05, 0) is 0 Å². The summed E-state index contributed by atoms with van der Waals surface area (Å²) in [7, 11) is 0. The summed E-state index contributed by atoms with van der Waals surface area (Å²) in [4.78, 5) is 0. The summed E-state index contributed by atoms with van der Waals surface area (Å²) < 4.78 is 23.3. The molecule has 0 aliphatic carbocycles. The molecule has 5 nitrogen and oxygen atoms in total. The predicted molar refractivity (Wildman–Crippen MR) is 97.3 cm³/mol. The number of rotatable bonds is 4. The summed E-state index contributed by atoms with van der Waals surface area (Å²) in [6, 6.07) is 19.1. The second kappa shape index (κ2) is 9.07. The van der Waals surface area contributed by atoms with Gasteiger partial charge in [0.25, 0.3) is 0 Å². The molecule has 2 aromatic rings. The van der Waals surface area contributed by atoms with Crippen LogP contribution in [0.1, 0.15) is 23.7 Å². The molecule has 5 heteroatoms. The van der Waals surface area contributed by atoms with Crippen molar-refractivity contribution in [2.45, 2.75) is 30.9 Å². The molecule has 2 aliphatic heterocycles. The first kappa shape index (κ1) is 18.8. The van der Waals surface area contributed by atoms with E-state index >= 15 is 0 Å². The normalized spacial score (nSPS) is 28.5. The van der Waals surface area contributed by atoms with Gasteiger partial charge in [0.1, 0.15) is 18.3 Å². The van der Waals surface area contributed by atoms with Crippen molar-refractivity contribution >= 4 is 0 Å². The minimum absolute atomic E-state index is 0.169. The van der Waals surface area contributed by atoms with Gasteiger partial charge in [-0.1, -0.05) is 60.7 Å². The Morgan fingerprint density at radius 1 is 0.923 bits per heavy atom. The fourth-order valence-corrected chi connectivity index (χ4v) is 3.09. The average molecular weight is 356 g/mol. The Hall–Kier alpha value is -2.02. The van der Waals surface area contributed by atoms with E-state index in [0.29, 0.717) is 18.8 Å². The number of ether oxygens (including phenoxy) is 4. The summed E-state index contributed by atoms with van der Waals surface area (Å²) in [6.07, 6.45) is -2.20. The third kappa shape index (κ3) is 4.20. The molecule has 0 radical (unpaired) electrons. The highest BCUT2D eigenvalue weighted by molar-refractivity contribution is 5.17. The first-order chi connectivity index (χ1) is 12.8. The lowest BCUT2D eigenvalue weighted by atomic mass is 10.1. The van der Waals surface area contributed by atoms with Gasteiger partial charge in [-0.3, -0.25) is 0 Å². The number of benzene rings is 2. The van der Waals surface area contributed by atoms with Crippen molar-refractivity contribution in [1.82, 2.24) is 0 Å². The summed E-state index contributed by atoms with van der Waals surface area (Å²) in [5.74, 6) is 0. The Bertz CT molecular complexity index is 663. The van der Waals surface area contributed by atoms with Gasteiger partial charge in [-0.15, -0.1) is 13.2 Å². The highest BCUT2D eigenvalue weighted by Crippen LogP contribution is 2.34. The molecule has 0 spiro atoms. The summed E-state index contributed by atoms with van der Waals surface area (Å²) in [6.45, 7) is 6.83. The molecule has 4 rings (SSSR count). The molecule has 2 unspecified atom stereocenters. The number of fused-ring (bicyclic) bond motifs is 1. The van der Waals surface area contributed by atoms with Crippen LogP contribution in [0.25, 0.3) is 0 Å². The molecule has 0 aromatic heterocycles. The van der Waals surface area contributed by atoms with Crippen molar-refractivity contribution in [2.75, 3.05) is 13.2 Å². The van der Waals surface area contributed by atoms with Gasteiger partial charge < -0.3 is 24.1 Å². The van der Waals surface area contributed by atoms with Gasteiger partial charge in [0.05, 0.1) is 13.2 Å². The van der Waals surface area contributed by atoms with Crippen molar-refractivity contribution in [3.05, 3.63) is 84.9 Å². The van der Waals surface area contributed by atoms with Crippen LogP contribution < -0.4 is 0 Å². The fourth-order valence-electron chi connectivity index (χ4n) is 3.09. The van der Waals surface area contributed by atoms with Crippen LogP contribution in [0.5, 0.6) is 0 Å². The number of aliphatic hydroxyl groups excluding tert-OH is 1. The van der Waals surface area contributed by atoms with Crippen LogP contribution >= 0.6 is 0 Å². The van der Waals surface area contributed by atoms with E-state index < -0.39 is 12.6 Å². The SMILES string of the molecule is C=C.OC(O[C@H]1CO[C@@H]2COC(c3ccccc3)O[C@H]12)c1ccccc1. The van der Waals surface area contributed by atoms with Crippen molar-refractivity contribution in [3.63, 3.8) is 0 Å². The van der Waals surface area contributed by atoms with Crippen molar-refractivity contribution in [3.8, 4) is 0 Å². The summed E-state index contributed by atoms with van der Waals surface area (Å²) >= 11 is 0. The topological polar surface area (TPSA) is 57.2 Å². The maximum Gasteiger partial charge on any atom is 0.184 e. The van der Waals surface area contributed by atoms with Crippen LogP contribution in [0.2, 0.25) is 0 Å². The Labute approximate surface area is 153 Å². The highest BCUT2D eigenvalue weighted by atomic mass is 16.7. The largest absolute Gasteiger partial charge is 0.370 e. The Kier molecular flexibility index (Phi) is 6.55. The minimum atomic E-state index is -1.000. The first-order valence-corrected chi connectivity index (χ1v) is 8.63. The van der Waals surface area contributed by atoms with E-state index in [0.717, 1.165) is 5.56 Å². The number of hydrogen-bond donors (Lipinski definition) is 1. The standard InChI is InChI=1S/C19H20O5.C2H4/c20-18(13-7-3-1-4-8-13)23-16-12-21-15-11-22-19(24-17(15)16)14-9-5-2-6-10-14;1-2/h1-10,15-20H,11-12H2;1-2H2/t15-,16+,17+,18?,19?;/m1./s1. The Morgan fingerprint density at radius 3 is 2.27 bits per heavy atom. The van der Waals surface area contributed by atoms with Crippen LogP contribution in [-0.4, -0.2) is 36.6 Å². The van der Waals surface area contributed by atoms with Gasteiger partial charge in [0.2, 0.25) is 0 Å². The fraction of sp³-hybridized carbons (Fsp3) is 0.333. The van der Waals surface area contributed by atoms with E-state index in [1.54, 1.807) is 0 Å². The van der Waals surface area contributed by atoms with E-state index in [1.807, 2.05) is 60.7 Å². The molecular formula is C21H24O5. The first-order valence-electron chi connectivity index (χ1n) is 8.63. The molecule has 2 heterocycles. The van der Waals surface area contributed by atoms with E-state index in [2.05, 4.69) is 13.2 Å². The minimum Gasteiger partial charge on any atom is -0.370 e. The number of aliphatic hydroxyl groups is 1. The molecule has 26 heavy (non-hydrogen) atoms. The second-order valence-electron chi connectivity index (χ2n) is 5.99. The van der Waals surface area contributed by atoms with Crippen LogP contribution in [-0.2, 0) is 18.9 Å². The van der Waals surface area contributed by atoms with E-state index in [1.165, 1.54) is 0 Å². The molecular weight excluding hydrogens is 332 g/mol. The monoisotopic (exact) mass is 356 g/mol. The second-order valence-corrected chi connectivity index (χ2v) is 5.99. The summed E-state index contributed by atoms with van der Waals surface area (Å²) in [5, 5.41) is 10.3. The van der Waals surface area contributed by atoms with Gasteiger partial charge in [0, 0.05) is 11.1 Å². The predicted octanol–water partition coefficient (Wildman–Crippen LogP) is 3.38. The van der Waals surface area contributed by atoms with Crippen LogP contribution in [0.4, 0.5) is 0 Å². The molecule has 5 atom stereocenters. The van der Waals surface area contributed by atoms with Crippen molar-refractivity contribution in [1.29, 1.82) is 0 Å². The average Bonchev–Trinajstić information content (AvgIpc) is 3.13. The molecule has 2 fully saturated rings. The lowest BCUT2D eigenvalue weighted by molar-refractivity contribution is -0.264. The molecule has 1 N–H and O–H groups in total. The Morgan fingerprint density at radius 2 is 1.58 bits per heavy atom. The van der Waals surface area contributed by atoms with Crippen LogP contribution in [0.15, 0.2) is 73.8 Å². The lowest BCUT2D eigenvalue weighted by Gasteiger charge is -2.34. The molecule has 0 saturated carbocycles. The molecule has 2 aliphatic rings. The molecule has 138 valence electrons. The number of hydrogen-bond acceptors (Lipinski definition) is 5. The van der Waals surface area contributed by atoms with Gasteiger partial charge in [-0.2, -0.15) is 0 Å². The zero-order valence-corrected chi connectivity index (χ0v) is 14.6. The molecule has 2 aromatic carbocycles. The third-order valence-corrected chi connectivity index (χ3v) is 4.36. The van der Waals surface area contributed by atoms with Crippen LogP contribution in [0.3, 0.4) is 0 Å². The molecule has 0 amide bonds. The van der Waals surface area contributed by atoms with Crippen molar-refractivity contribution < 1.29 is 24.1 Å². The van der Waals surface area contributed by atoms with E-state index in [-0.39, 0.29) is 18.3 Å². The van der Waals surface area contributed by atoms with E-state index in [9.17, 15) is 5.11 Å². The summed E-state index contributed by atoms with van der Waals surface area (Å²) in [5.41, 5.74) is 1.68. The van der Waals surface area contributed by atoms with Gasteiger partial charge >= 0.3 is 0 Å². The Balaban J connectivity index is 0.000000948.